The third-order valence-corrected chi connectivity index (χ3v) is 2.62. The summed E-state index contributed by atoms with van der Waals surface area (Å²) < 4.78 is 10.2. The van der Waals surface area contributed by atoms with Crippen LogP contribution < -0.4 is 5.32 Å². The Morgan fingerprint density at radius 2 is 2.00 bits per heavy atom. The summed E-state index contributed by atoms with van der Waals surface area (Å²) in [5.74, 6) is -0.909. The molecule has 1 aromatic rings. The molecule has 0 aromatic heterocycles. The number of carbonyl (C=O) groups is 1. The van der Waals surface area contributed by atoms with Gasteiger partial charge in [0.15, 0.2) is 0 Å². The molecule has 2 N–H and O–H groups in total. The molecule has 0 radical (unpaired) electrons. The zero-order valence-corrected chi connectivity index (χ0v) is 10.6. The first-order valence-corrected chi connectivity index (χ1v) is 5.72. The van der Waals surface area contributed by atoms with Gasteiger partial charge in [-0.3, -0.25) is 10.1 Å². The van der Waals surface area contributed by atoms with Crippen molar-refractivity contribution in [3.63, 3.8) is 0 Å². The van der Waals surface area contributed by atoms with Crippen LogP contribution in [0.25, 0.3) is 0 Å². The van der Waals surface area contributed by atoms with Gasteiger partial charge in [-0.05, 0) is 5.56 Å². The number of carboxylic acids is 1. The van der Waals surface area contributed by atoms with E-state index in [-0.39, 0.29) is 6.10 Å². The first-order valence-electron chi connectivity index (χ1n) is 5.72. The molecule has 0 aliphatic carbocycles. The standard InChI is InChI=1S/C13H19NO4/c1-17-9-11(18-2)8-14-12(13(15)16)10-6-4-3-5-7-10/h3-7,11-12,14H,8-9H2,1-2H3,(H,15,16). The Kier molecular flexibility index (Phi) is 6.35. The molecular weight excluding hydrogens is 234 g/mol. The van der Waals surface area contributed by atoms with Crippen LogP contribution in [0.4, 0.5) is 0 Å². The van der Waals surface area contributed by atoms with Crippen molar-refractivity contribution in [2.75, 3.05) is 27.4 Å². The van der Waals surface area contributed by atoms with E-state index in [1.54, 1.807) is 26.4 Å². The predicted molar refractivity (Wildman–Crippen MR) is 67.5 cm³/mol. The molecule has 0 bridgehead atoms. The Bertz CT molecular complexity index is 355. The van der Waals surface area contributed by atoms with Gasteiger partial charge in [0.2, 0.25) is 0 Å². The minimum absolute atomic E-state index is 0.166. The summed E-state index contributed by atoms with van der Waals surface area (Å²) in [5, 5.41) is 12.2. The quantitative estimate of drug-likeness (QED) is 0.725. The average Bonchev–Trinajstić information content (AvgIpc) is 2.38. The smallest absolute Gasteiger partial charge is 0.325 e. The van der Waals surface area contributed by atoms with Gasteiger partial charge in [0.05, 0.1) is 12.7 Å². The number of methoxy groups -OCH3 is 2. The monoisotopic (exact) mass is 253 g/mol. The molecule has 2 atom stereocenters. The van der Waals surface area contributed by atoms with E-state index in [0.29, 0.717) is 13.2 Å². The van der Waals surface area contributed by atoms with Crippen molar-refractivity contribution >= 4 is 5.97 Å². The summed E-state index contributed by atoms with van der Waals surface area (Å²) in [7, 11) is 3.15. The normalized spacial score (nSPS) is 14.1. The summed E-state index contributed by atoms with van der Waals surface area (Å²) in [4.78, 5) is 11.2. The Labute approximate surface area is 107 Å². The van der Waals surface area contributed by atoms with Crippen LogP contribution in [0.2, 0.25) is 0 Å². The maximum atomic E-state index is 11.2. The molecule has 1 aromatic carbocycles. The highest BCUT2D eigenvalue weighted by Crippen LogP contribution is 2.12. The zero-order chi connectivity index (χ0) is 13.4. The molecule has 2 unspecified atom stereocenters. The van der Waals surface area contributed by atoms with Crippen molar-refractivity contribution < 1.29 is 19.4 Å². The summed E-state index contributed by atoms with van der Waals surface area (Å²) in [6.07, 6.45) is -0.166. The Hall–Kier alpha value is -1.43. The van der Waals surface area contributed by atoms with Crippen LogP contribution in [-0.4, -0.2) is 44.6 Å². The number of aliphatic carboxylic acids is 1. The molecule has 0 aliphatic rings. The van der Waals surface area contributed by atoms with Crippen LogP contribution in [0.1, 0.15) is 11.6 Å². The van der Waals surface area contributed by atoms with Crippen molar-refractivity contribution in [3.05, 3.63) is 35.9 Å². The molecule has 0 amide bonds. The fraction of sp³-hybridized carbons (Fsp3) is 0.462. The lowest BCUT2D eigenvalue weighted by Crippen LogP contribution is -2.37. The maximum absolute atomic E-state index is 11.2. The number of nitrogens with one attached hydrogen (secondary N) is 1. The van der Waals surface area contributed by atoms with E-state index in [1.807, 2.05) is 18.2 Å². The minimum atomic E-state index is -0.909. The highest BCUT2D eigenvalue weighted by molar-refractivity contribution is 5.75. The fourth-order valence-electron chi connectivity index (χ4n) is 1.64. The molecule has 0 saturated carbocycles. The van der Waals surface area contributed by atoms with Crippen LogP contribution in [0.3, 0.4) is 0 Å². The third kappa shape index (κ3) is 4.44. The molecule has 0 heterocycles. The van der Waals surface area contributed by atoms with Gasteiger partial charge < -0.3 is 14.6 Å². The molecule has 100 valence electrons. The fourth-order valence-corrected chi connectivity index (χ4v) is 1.64. The van der Waals surface area contributed by atoms with E-state index in [0.717, 1.165) is 5.56 Å². The SMILES string of the molecule is COCC(CNC(C(=O)O)c1ccccc1)OC. The number of rotatable bonds is 8. The molecule has 0 aliphatic heterocycles. The lowest BCUT2D eigenvalue weighted by Gasteiger charge is -2.19. The van der Waals surface area contributed by atoms with E-state index in [2.05, 4.69) is 5.32 Å². The molecule has 0 spiro atoms. The highest BCUT2D eigenvalue weighted by Gasteiger charge is 2.20. The van der Waals surface area contributed by atoms with Gasteiger partial charge in [-0.25, -0.2) is 0 Å². The predicted octanol–water partition coefficient (Wildman–Crippen LogP) is 1.06. The topological polar surface area (TPSA) is 67.8 Å². The Morgan fingerprint density at radius 3 is 2.50 bits per heavy atom. The molecule has 0 saturated heterocycles. The van der Waals surface area contributed by atoms with Gasteiger partial charge in [-0.2, -0.15) is 0 Å². The number of benzene rings is 1. The van der Waals surface area contributed by atoms with E-state index < -0.39 is 12.0 Å². The van der Waals surface area contributed by atoms with Crippen LogP contribution in [0.5, 0.6) is 0 Å². The van der Waals surface area contributed by atoms with Gasteiger partial charge in [0.1, 0.15) is 6.04 Å². The Morgan fingerprint density at radius 1 is 1.33 bits per heavy atom. The van der Waals surface area contributed by atoms with Crippen LogP contribution >= 0.6 is 0 Å². The van der Waals surface area contributed by atoms with E-state index in [9.17, 15) is 9.90 Å². The third-order valence-electron chi connectivity index (χ3n) is 2.62. The second-order valence-corrected chi connectivity index (χ2v) is 3.90. The van der Waals surface area contributed by atoms with Gasteiger partial charge >= 0.3 is 5.97 Å². The van der Waals surface area contributed by atoms with Gasteiger partial charge in [-0.1, -0.05) is 30.3 Å². The van der Waals surface area contributed by atoms with Crippen molar-refractivity contribution in [3.8, 4) is 0 Å². The first-order chi connectivity index (χ1) is 8.69. The highest BCUT2D eigenvalue weighted by atomic mass is 16.5. The zero-order valence-electron chi connectivity index (χ0n) is 10.6. The molecule has 5 nitrogen and oxygen atoms in total. The largest absolute Gasteiger partial charge is 0.480 e. The lowest BCUT2D eigenvalue weighted by atomic mass is 10.1. The summed E-state index contributed by atoms with van der Waals surface area (Å²) in [6.45, 7) is 0.834. The number of carboxylic acid groups (broad SMARTS) is 1. The second-order valence-electron chi connectivity index (χ2n) is 3.90. The van der Waals surface area contributed by atoms with Crippen LogP contribution in [0.15, 0.2) is 30.3 Å². The van der Waals surface area contributed by atoms with Crippen LogP contribution in [0, 0.1) is 0 Å². The Balaban J connectivity index is 2.62. The molecule has 5 heteroatoms. The summed E-state index contributed by atoms with van der Waals surface area (Å²) >= 11 is 0. The van der Waals surface area contributed by atoms with E-state index in [4.69, 9.17) is 9.47 Å². The number of ether oxygens (including phenoxy) is 2. The summed E-state index contributed by atoms with van der Waals surface area (Å²) in [5.41, 5.74) is 0.720. The van der Waals surface area contributed by atoms with Gasteiger partial charge in [-0.15, -0.1) is 0 Å². The van der Waals surface area contributed by atoms with Crippen LogP contribution in [-0.2, 0) is 14.3 Å². The maximum Gasteiger partial charge on any atom is 0.325 e. The van der Waals surface area contributed by atoms with Crippen molar-refractivity contribution in [1.29, 1.82) is 0 Å². The second kappa shape index (κ2) is 7.81. The lowest BCUT2D eigenvalue weighted by molar-refractivity contribution is -0.139. The van der Waals surface area contributed by atoms with Gasteiger partial charge in [0.25, 0.3) is 0 Å². The van der Waals surface area contributed by atoms with Gasteiger partial charge in [0, 0.05) is 20.8 Å². The molecule has 18 heavy (non-hydrogen) atoms. The van der Waals surface area contributed by atoms with Crippen molar-refractivity contribution in [2.45, 2.75) is 12.1 Å². The van der Waals surface area contributed by atoms with Crippen molar-refractivity contribution in [2.24, 2.45) is 0 Å². The molecule has 1 rings (SSSR count). The van der Waals surface area contributed by atoms with E-state index >= 15 is 0 Å². The van der Waals surface area contributed by atoms with Crippen molar-refractivity contribution in [1.82, 2.24) is 5.32 Å². The average molecular weight is 253 g/mol. The number of hydrogen-bond acceptors (Lipinski definition) is 4. The molecule has 0 fully saturated rings. The minimum Gasteiger partial charge on any atom is -0.480 e. The first kappa shape index (κ1) is 14.6. The molecular formula is C13H19NO4. The number of hydrogen-bond donors (Lipinski definition) is 2. The summed E-state index contributed by atoms with van der Waals surface area (Å²) in [6, 6.07) is 8.31. The van der Waals surface area contributed by atoms with E-state index in [1.165, 1.54) is 0 Å².